The Labute approximate surface area is 160 Å². The third-order valence-electron chi connectivity index (χ3n) is 5.76. The molecule has 1 aliphatic rings. The Balaban J connectivity index is 2.02. The van der Waals surface area contributed by atoms with E-state index in [0.29, 0.717) is 18.6 Å². The lowest BCUT2D eigenvalue weighted by Crippen LogP contribution is -2.44. The molecule has 4 nitrogen and oxygen atoms in total. The molecule has 148 valence electrons. The van der Waals surface area contributed by atoms with E-state index in [1.54, 1.807) is 0 Å². The van der Waals surface area contributed by atoms with Crippen LogP contribution in [0.5, 0.6) is 0 Å². The van der Waals surface area contributed by atoms with Crippen LogP contribution in [0.1, 0.15) is 46.6 Å². The summed E-state index contributed by atoms with van der Waals surface area (Å²) in [5.74, 6) is 0.387. The van der Waals surface area contributed by atoms with E-state index in [2.05, 4.69) is 70.1 Å². The number of nitrogens with zero attached hydrogens (tertiary/aromatic N) is 1. The van der Waals surface area contributed by atoms with Crippen molar-refractivity contribution in [1.82, 2.24) is 5.06 Å². The zero-order chi connectivity index (χ0) is 19.4. The van der Waals surface area contributed by atoms with E-state index in [-0.39, 0.29) is 11.3 Å². The number of ether oxygens (including phenoxy) is 1. The van der Waals surface area contributed by atoms with Crippen molar-refractivity contribution in [2.45, 2.75) is 78.0 Å². The predicted molar refractivity (Wildman–Crippen MR) is 109 cm³/mol. The van der Waals surface area contributed by atoms with Crippen LogP contribution in [0.25, 0.3) is 0 Å². The average Bonchev–Trinajstić information content (AvgIpc) is 2.95. The minimum atomic E-state index is -1.74. The van der Waals surface area contributed by atoms with Gasteiger partial charge in [-0.3, -0.25) is 4.84 Å². The second-order valence-corrected chi connectivity index (χ2v) is 13.7. The Morgan fingerprint density at radius 1 is 1.23 bits per heavy atom. The molecule has 5 heteroatoms. The van der Waals surface area contributed by atoms with E-state index in [1.165, 1.54) is 5.56 Å². The molecule has 1 aliphatic heterocycles. The molecule has 26 heavy (non-hydrogen) atoms. The highest BCUT2D eigenvalue weighted by atomic mass is 28.4. The first-order chi connectivity index (χ1) is 12.1. The van der Waals surface area contributed by atoms with Gasteiger partial charge in [0.2, 0.25) is 0 Å². The first-order valence-corrected chi connectivity index (χ1v) is 12.8. The molecule has 3 atom stereocenters. The Bertz CT molecular complexity index is 544. The van der Waals surface area contributed by atoms with Gasteiger partial charge in [-0.05, 0) is 36.5 Å². The number of hydroxylamine groups is 2. The maximum absolute atomic E-state index is 6.48. The van der Waals surface area contributed by atoms with Crippen molar-refractivity contribution < 1.29 is 14.0 Å². The van der Waals surface area contributed by atoms with Crippen LogP contribution >= 0.6 is 0 Å². The topological polar surface area (TPSA) is 30.9 Å². The van der Waals surface area contributed by atoms with Gasteiger partial charge in [-0.2, -0.15) is 5.06 Å². The summed E-state index contributed by atoms with van der Waals surface area (Å²) < 4.78 is 12.2. The fourth-order valence-electron chi connectivity index (χ4n) is 2.97. The molecular formula is C21H37NO3Si. The highest BCUT2D eigenvalue weighted by Crippen LogP contribution is 2.37. The van der Waals surface area contributed by atoms with Gasteiger partial charge >= 0.3 is 0 Å². The summed E-state index contributed by atoms with van der Waals surface area (Å²) in [7, 11) is -1.74. The summed E-state index contributed by atoms with van der Waals surface area (Å²) in [4.78, 5) is 6.11. The fraction of sp³-hybridized carbons (Fsp3) is 0.714. The van der Waals surface area contributed by atoms with Crippen molar-refractivity contribution in [2.24, 2.45) is 5.92 Å². The van der Waals surface area contributed by atoms with Crippen molar-refractivity contribution in [3.8, 4) is 0 Å². The van der Waals surface area contributed by atoms with Crippen molar-refractivity contribution in [3.05, 3.63) is 35.9 Å². The minimum Gasteiger partial charge on any atom is -0.416 e. The van der Waals surface area contributed by atoms with Crippen LogP contribution in [0.15, 0.2) is 30.3 Å². The normalized spacial score (nSPS) is 23.3. The summed E-state index contributed by atoms with van der Waals surface area (Å²) in [5, 5.41) is 2.34. The second kappa shape index (κ2) is 8.98. The smallest absolute Gasteiger partial charge is 0.191 e. The Morgan fingerprint density at radius 2 is 1.88 bits per heavy atom. The van der Waals surface area contributed by atoms with E-state index in [0.717, 1.165) is 19.6 Å². The highest BCUT2D eigenvalue weighted by molar-refractivity contribution is 6.74. The average molecular weight is 380 g/mol. The van der Waals surface area contributed by atoms with E-state index in [4.69, 9.17) is 14.0 Å². The van der Waals surface area contributed by atoms with Crippen LogP contribution in [0.4, 0.5) is 0 Å². The van der Waals surface area contributed by atoms with Gasteiger partial charge in [0.05, 0.1) is 0 Å². The molecule has 1 unspecified atom stereocenters. The lowest BCUT2D eigenvalue weighted by Gasteiger charge is -2.38. The number of rotatable bonds is 8. The van der Waals surface area contributed by atoms with Crippen LogP contribution in [-0.2, 0) is 20.5 Å². The summed E-state index contributed by atoms with van der Waals surface area (Å²) in [6, 6.07) is 10.8. The molecule has 0 aromatic heterocycles. The Hall–Kier alpha value is -0.723. The van der Waals surface area contributed by atoms with E-state index >= 15 is 0 Å². The van der Waals surface area contributed by atoms with E-state index in [9.17, 15) is 0 Å². The molecule has 0 saturated carbocycles. The minimum absolute atomic E-state index is 0.149. The summed E-state index contributed by atoms with van der Waals surface area (Å²) >= 11 is 0. The van der Waals surface area contributed by atoms with Crippen LogP contribution < -0.4 is 0 Å². The molecule has 1 aromatic rings. The molecule has 0 amide bonds. The van der Waals surface area contributed by atoms with Gasteiger partial charge in [-0.25, -0.2) is 0 Å². The third kappa shape index (κ3) is 5.63. The van der Waals surface area contributed by atoms with Gasteiger partial charge in [0, 0.05) is 32.2 Å². The maximum Gasteiger partial charge on any atom is 0.191 e. The van der Waals surface area contributed by atoms with E-state index < -0.39 is 8.32 Å². The monoisotopic (exact) mass is 379 g/mol. The van der Waals surface area contributed by atoms with Gasteiger partial charge in [0.25, 0.3) is 0 Å². The van der Waals surface area contributed by atoms with Crippen molar-refractivity contribution >= 4 is 8.32 Å². The third-order valence-corrected chi connectivity index (χ3v) is 10.3. The van der Waals surface area contributed by atoms with Crippen LogP contribution in [0, 0.1) is 5.92 Å². The van der Waals surface area contributed by atoms with Crippen molar-refractivity contribution in [2.75, 3.05) is 13.2 Å². The molecule has 1 heterocycles. The molecule has 0 spiro atoms. The SMILES string of the molecule is CCOC1C[C@@H]([C@H](C)CO[Si](C)(C)C(C)(C)C)N(Cc2ccccc2)O1. The molecular weight excluding hydrogens is 342 g/mol. The quantitative estimate of drug-likeness (QED) is 0.580. The zero-order valence-corrected chi connectivity index (χ0v) is 18.6. The summed E-state index contributed by atoms with van der Waals surface area (Å²) in [6.45, 7) is 18.0. The van der Waals surface area contributed by atoms with Gasteiger partial charge < -0.3 is 9.16 Å². The maximum atomic E-state index is 6.48. The molecule has 0 bridgehead atoms. The van der Waals surface area contributed by atoms with Crippen LogP contribution in [-0.4, -0.2) is 38.9 Å². The first-order valence-electron chi connectivity index (χ1n) is 9.87. The largest absolute Gasteiger partial charge is 0.416 e. The van der Waals surface area contributed by atoms with Crippen LogP contribution in [0.3, 0.4) is 0 Å². The predicted octanol–water partition coefficient (Wildman–Crippen LogP) is 5.21. The number of hydrogen-bond donors (Lipinski definition) is 0. The summed E-state index contributed by atoms with van der Waals surface area (Å²) in [5.41, 5.74) is 1.26. The fourth-order valence-corrected chi connectivity index (χ4v) is 4.09. The van der Waals surface area contributed by atoms with Crippen molar-refractivity contribution in [1.29, 1.82) is 0 Å². The first kappa shape index (κ1) is 21.6. The molecule has 0 N–H and O–H groups in total. The lowest BCUT2D eigenvalue weighted by atomic mass is 9.99. The Morgan fingerprint density at radius 3 is 2.46 bits per heavy atom. The highest BCUT2D eigenvalue weighted by Gasteiger charge is 2.41. The zero-order valence-electron chi connectivity index (χ0n) is 17.6. The van der Waals surface area contributed by atoms with Gasteiger partial charge in [0.15, 0.2) is 14.6 Å². The van der Waals surface area contributed by atoms with Crippen molar-refractivity contribution in [3.63, 3.8) is 0 Å². The molecule has 0 aliphatic carbocycles. The van der Waals surface area contributed by atoms with Crippen LogP contribution in [0.2, 0.25) is 18.1 Å². The van der Waals surface area contributed by atoms with E-state index in [1.807, 2.05) is 13.0 Å². The summed E-state index contributed by atoms with van der Waals surface area (Å²) in [6.07, 6.45) is 0.743. The standard InChI is InChI=1S/C21H37NO3Si/c1-8-23-20-14-19(17(2)16-24-26(6,7)21(3,4)5)22(25-20)15-18-12-10-9-11-13-18/h9-13,17,19-20H,8,14-16H2,1-7H3/t17-,19+,20?/m1/s1. The molecule has 1 aromatic carbocycles. The molecule has 1 fully saturated rings. The lowest BCUT2D eigenvalue weighted by molar-refractivity contribution is -0.246. The van der Waals surface area contributed by atoms with Gasteiger partial charge in [-0.1, -0.05) is 58.0 Å². The number of benzene rings is 1. The molecule has 2 rings (SSSR count). The number of hydrogen-bond acceptors (Lipinski definition) is 4. The van der Waals surface area contributed by atoms with Gasteiger partial charge in [0.1, 0.15) is 0 Å². The molecule has 0 radical (unpaired) electrons. The Kier molecular flexibility index (Phi) is 7.45. The molecule has 1 saturated heterocycles. The van der Waals surface area contributed by atoms with Gasteiger partial charge in [-0.15, -0.1) is 0 Å². The second-order valence-electron chi connectivity index (χ2n) is 8.90.